The number of benzene rings is 1. The minimum atomic E-state index is -0.174. The van der Waals surface area contributed by atoms with Crippen molar-refractivity contribution >= 4 is 15.9 Å². The van der Waals surface area contributed by atoms with Crippen LogP contribution in [0.2, 0.25) is 0 Å². The molecule has 1 fully saturated rings. The van der Waals surface area contributed by atoms with E-state index in [-0.39, 0.29) is 5.82 Å². The van der Waals surface area contributed by atoms with Gasteiger partial charge in [0.25, 0.3) is 0 Å². The Balaban J connectivity index is 2.02. The van der Waals surface area contributed by atoms with Gasteiger partial charge in [-0.15, -0.1) is 0 Å². The lowest BCUT2D eigenvalue weighted by Crippen LogP contribution is -2.48. The third-order valence-corrected chi connectivity index (χ3v) is 3.24. The van der Waals surface area contributed by atoms with Gasteiger partial charge in [-0.25, -0.2) is 4.39 Å². The van der Waals surface area contributed by atoms with Gasteiger partial charge in [0.05, 0.1) is 0 Å². The summed E-state index contributed by atoms with van der Waals surface area (Å²) in [7, 11) is 0. The third kappa shape index (κ3) is 3.27. The zero-order valence-corrected chi connectivity index (χ0v) is 10.9. The van der Waals surface area contributed by atoms with Crippen LogP contribution in [0.25, 0.3) is 0 Å². The van der Waals surface area contributed by atoms with Crippen molar-refractivity contribution < 1.29 is 4.39 Å². The first-order valence-corrected chi connectivity index (χ1v) is 6.33. The topological polar surface area (TPSA) is 15.3 Å². The summed E-state index contributed by atoms with van der Waals surface area (Å²) in [6.07, 6.45) is 0. The standard InChI is InChI=1S/C12H16BrFN2/c1-9-7-16(3-2-15-9)8-10-4-11(13)6-12(14)5-10/h4-6,9,15H,2-3,7-8H2,1H3. The van der Waals surface area contributed by atoms with Crippen LogP contribution in [-0.4, -0.2) is 30.6 Å². The third-order valence-electron chi connectivity index (χ3n) is 2.78. The zero-order valence-electron chi connectivity index (χ0n) is 9.34. The highest BCUT2D eigenvalue weighted by atomic mass is 79.9. The van der Waals surface area contributed by atoms with E-state index in [0.29, 0.717) is 6.04 Å². The van der Waals surface area contributed by atoms with Crippen LogP contribution in [0.3, 0.4) is 0 Å². The Labute approximate surface area is 104 Å². The maximum absolute atomic E-state index is 13.2. The van der Waals surface area contributed by atoms with Gasteiger partial charge in [-0.3, -0.25) is 4.90 Å². The van der Waals surface area contributed by atoms with Crippen LogP contribution in [0.5, 0.6) is 0 Å². The van der Waals surface area contributed by atoms with Crippen molar-refractivity contribution in [2.75, 3.05) is 19.6 Å². The molecule has 1 saturated heterocycles. The Bertz CT molecular complexity index is 350. The predicted octanol–water partition coefficient (Wildman–Crippen LogP) is 2.38. The summed E-state index contributed by atoms with van der Waals surface area (Å²) in [5.41, 5.74) is 1.03. The van der Waals surface area contributed by atoms with Crippen molar-refractivity contribution in [3.63, 3.8) is 0 Å². The Morgan fingerprint density at radius 2 is 2.31 bits per heavy atom. The Morgan fingerprint density at radius 3 is 3.00 bits per heavy atom. The number of hydrogen-bond acceptors (Lipinski definition) is 2. The summed E-state index contributed by atoms with van der Waals surface area (Å²) in [6.45, 7) is 6.06. The molecule has 1 N–H and O–H groups in total. The normalized spacial score (nSPS) is 22.3. The first-order valence-electron chi connectivity index (χ1n) is 5.54. The van der Waals surface area contributed by atoms with Crippen LogP contribution >= 0.6 is 15.9 Å². The van der Waals surface area contributed by atoms with E-state index in [2.05, 4.69) is 33.1 Å². The van der Waals surface area contributed by atoms with Crippen LogP contribution in [-0.2, 0) is 6.54 Å². The number of piperazine rings is 1. The number of nitrogens with one attached hydrogen (secondary N) is 1. The van der Waals surface area contributed by atoms with Gasteiger partial charge < -0.3 is 5.32 Å². The average Bonchev–Trinajstić information content (AvgIpc) is 2.15. The van der Waals surface area contributed by atoms with Gasteiger partial charge >= 0.3 is 0 Å². The van der Waals surface area contributed by atoms with Gasteiger partial charge in [-0.2, -0.15) is 0 Å². The van der Waals surface area contributed by atoms with Gasteiger partial charge in [-0.1, -0.05) is 15.9 Å². The highest BCUT2D eigenvalue weighted by Crippen LogP contribution is 2.16. The Morgan fingerprint density at radius 1 is 1.50 bits per heavy atom. The number of hydrogen-bond donors (Lipinski definition) is 1. The average molecular weight is 287 g/mol. The Hall–Kier alpha value is -0.450. The summed E-state index contributed by atoms with van der Waals surface area (Å²) >= 11 is 3.32. The molecule has 0 radical (unpaired) electrons. The molecule has 0 aliphatic carbocycles. The molecule has 0 amide bonds. The lowest BCUT2D eigenvalue weighted by Gasteiger charge is -2.31. The minimum Gasteiger partial charge on any atom is -0.312 e. The lowest BCUT2D eigenvalue weighted by molar-refractivity contribution is 0.199. The fourth-order valence-electron chi connectivity index (χ4n) is 2.12. The fourth-order valence-corrected chi connectivity index (χ4v) is 2.63. The quantitative estimate of drug-likeness (QED) is 0.898. The molecule has 88 valence electrons. The van der Waals surface area contributed by atoms with E-state index in [1.165, 1.54) is 6.07 Å². The minimum absolute atomic E-state index is 0.174. The summed E-state index contributed by atoms with van der Waals surface area (Å²) in [5.74, 6) is -0.174. The summed E-state index contributed by atoms with van der Waals surface area (Å²) in [5, 5.41) is 3.40. The molecule has 16 heavy (non-hydrogen) atoms. The first-order chi connectivity index (χ1) is 7.63. The maximum Gasteiger partial charge on any atom is 0.124 e. The highest BCUT2D eigenvalue weighted by molar-refractivity contribution is 9.10. The predicted molar refractivity (Wildman–Crippen MR) is 66.8 cm³/mol. The molecule has 1 aliphatic rings. The van der Waals surface area contributed by atoms with Crippen molar-refractivity contribution in [3.05, 3.63) is 34.1 Å². The second-order valence-electron chi connectivity index (χ2n) is 4.37. The monoisotopic (exact) mass is 286 g/mol. The zero-order chi connectivity index (χ0) is 11.5. The molecule has 1 aromatic carbocycles. The molecule has 0 aromatic heterocycles. The van der Waals surface area contributed by atoms with Gasteiger partial charge in [0.1, 0.15) is 5.82 Å². The SMILES string of the molecule is CC1CN(Cc2cc(F)cc(Br)c2)CCN1. The van der Waals surface area contributed by atoms with Gasteiger partial charge in [0.15, 0.2) is 0 Å². The smallest absolute Gasteiger partial charge is 0.124 e. The van der Waals surface area contributed by atoms with E-state index in [9.17, 15) is 4.39 Å². The molecular weight excluding hydrogens is 271 g/mol. The molecule has 4 heteroatoms. The van der Waals surface area contributed by atoms with E-state index in [0.717, 1.165) is 36.2 Å². The summed E-state index contributed by atoms with van der Waals surface area (Å²) in [6, 6.07) is 5.60. The molecule has 0 bridgehead atoms. The molecule has 1 unspecified atom stereocenters. The van der Waals surface area contributed by atoms with E-state index in [1.54, 1.807) is 6.07 Å². The number of nitrogens with zero attached hydrogens (tertiary/aromatic N) is 1. The highest BCUT2D eigenvalue weighted by Gasteiger charge is 2.15. The van der Waals surface area contributed by atoms with Crippen molar-refractivity contribution in [1.29, 1.82) is 0 Å². The molecule has 1 atom stereocenters. The van der Waals surface area contributed by atoms with Crippen molar-refractivity contribution in [2.45, 2.75) is 19.5 Å². The van der Waals surface area contributed by atoms with E-state index in [1.807, 2.05) is 6.07 Å². The van der Waals surface area contributed by atoms with Crippen molar-refractivity contribution in [3.8, 4) is 0 Å². The van der Waals surface area contributed by atoms with E-state index in [4.69, 9.17) is 0 Å². The number of halogens is 2. The second kappa shape index (κ2) is 5.25. The van der Waals surface area contributed by atoms with E-state index < -0.39 is 0 Å². The van der Waals surface area contributed by atoms with Crippen LogP contribution in [0.1, 0.15) is 12.5 Å². The number of rotatable bonds is 2. The molecule has 0 spiro atoms. The molecule has 2 rings (SSSR count). The van der Waals surface area contributed by atoms with Gasteiger partial charge in [-0.05, 0) is 30.7 Å². The Kier molecular flexibility index (Phi) is 3.95. The van der Waals surface area contributed by atoms with E-state index >= 15 is 0 Å². The summed E-state index contributed by atoms with van der Waals surface area (Å²) in [4.78, 5) is 2.35. The van der Waals surface area contributed by atoms with Gasteiger partial charge in [0, 0.05) is 36.7 Å². The van der Waals surface area contributed by atoms with Crippen molar-refractivity contribution in [1.82, 2.24) is 10.2 Å². The maximum atomic E-state index is 13.2. The molecule has 1 heterocycles. The molecule has 1 aliphatic heterocycles. The first kappa shape index (κ1) is 12.0. The molecule has 0 saturated carbocycles. The lowest BCUT2D eigenvalue weighted by atomic mass is 10.1. The van der Waals surface area contributed by atoms with Crippen LogP contribution in [0.15, 0.2) is 22.7 Å². The second-order valence-corrected chi connectivity index (χ2v) is 5.28. The molecular formula is C12H16BrFN2. The fraction of sp³-hybridized carbons (Fsp3) is 0.500. The van der Waals surface area contributed by atoms with Crippen LogP contribution in [0.4, 0.5) is 4.39 Å². The van der Waals surface area contributed by atoms with Crippen molar-refractivity contribution in [2.24, 2.45) is 0 Å². The summed E-state index contributed by atoms with van der Waals surface area (Å²) < 4.78 is 14.0. The van der Waals surface area contributed by atoms with Crippen LogP contribution < -0.4 is 5.32 Å². The molecule has 1 aromatic rings. The van der Waals surface area contributed by atoms with Crippen LogP contribution in [0, 0.1) is 5.82 Å². The molecule has 2 nitrogen and oxygen atoms in total. The van der Waals surface area contributed by atoms with Gasteiger partial charge in [0.2, 0.25) is 0 Å². The largest absolute Gasteiger partial charge is 0.312 e.